The van der Waals surface area contributed by atoms with Crippen molar-refractivity contribution in [2.75, 3.05) is 5.73 Å². The Morgan fingerprint density at radius 3 is 2.53 bits per heavy atom. The predicted molar refractivity (Wildman–Crippen MR) is 63.5 cm³/mol. The number of nitrogens with two attached hydrogens (primary N) is 1. The summed E-state index contributed by atoms with van der Waals surface area (Å²) in [5, 5.41) is 0.0602. The molecule has 2 rings (SSSR count). The second-order valence-corrected chi connectivity index (χ2v) is 4.26. The molecule has 0 fully saturated rings. The first-order valence-electron chi connectivity index (χ1n) is 4.21. The second kappa shape index (κ2) is 3.55. The molecule has 1 heterocycles. The molecule has 0 saturated carbocycles. The monoisotopic (exact) mass is 320 g/mol. The summed E-state index contributed by atoms with van der Waals surface area (Å²) >= 11 is 1.97. The molecule has 2 N–H and O–H groups in total. The Balaban J connectivity index is 3.04. The van der Waals surface area contributed by atoms with Gasteiger partial charge in [0.25, 0.3) is 0 Å². The van der Waals surface area contributed by atoms with Crippen LogP contribution in [0, 0.1) is 22.1 Å². The molecule has 15 heavy (non-hydrogen) atoms. The normalized spacial score (nSPS) is 10.9. The highest BCUT2D eigenvalue weighted by atomic mass is 127. The van der Waals surface area contributed by atoms with Gasteiger partial charge >= 0.3 is 0 Å². The van der Waals surface area contributed by atoms with Crippen LogP contribution >= 0.6 is 22.6 Å². The topological polar surface area (TPSA) is 38.9 Å². The van der Waals surface area contributed by atoms with E-state index in [-0.39, 0.29) is 16.6 Å². The molecular weight excluding hydrogens is 313 g/mol. The number of fused-ring (bicyclic) bond motifs is 1. The molecule has 0 radical (unpaired) electrons. The van der Waals surface area contributed by atoms with E-state index in [1.54, 1.807) is 6.92 Å². The molecule has 0 saturated heterocycles. The van der Waals surface area contributed by atoms with E-state index in [9.17, 15) is 8.78 Å². The average Bonchev–Trinajstić information content (AvgIpc) is 2.20. The number of rotatable bonds is 0. The molecule has 5 heteroatoms. The Bertz CT molecular complexity index is 555. The van der Waals surface area contributed by atoms with Crippen LogP contribution in [0.15, 0.2) is 12.1 Å². The molecule has 1 aromatic heterocycles. The molecule has 0 amide bonds. The van der Waals surface area contributed by atoms with E-state index in [4.69, 9.17) is 5.73 Å². The third-order valence-corrected chi connectivity index (χ3v) is 3.54. The van der Waals surface area contributed by atoms with Crippen LogP contribution in [0.25, 0.3) is 10.9 Å². The standard InChI is InChI=1S/C10H7F2IN2/c1-4-8(13)9(14)7-5(11)2-3-6(12)10(7)15-4/h2-3H,1H3,(H2,14,15). The molecule has 78 valence electrons. The fourth-order valence-corrected chi connectivity index (χ4v) is 1.82. The molecule has 0 unspecified atom stereocenters. The van der Waals surface area contributed by atoms with Crippen molar-refractivity contribution in [3.63, 3.8) is 0 Å². The van der Waals surface area contributed by atoms with Crippen molar-refractivity contribution < 1.29 is 8.78 Å². The van der Waals surface area contributed by atoms with E-state index in [0.29, 0.717) is 9.26 Å². The highest BCUT2D eigenvalue weighted by molar-refractivity contribution is 14.1. The van der Waals surface area contributed by atoms with Crippen LogP contribution in [0.1, 0.15) is 5.69 Å². The lowest BCUT2D eigenvalue weighted by atomic mass is 10.1. The molecule has 0 aliphatic carbocycles. The lowest BCUT2D eigenvalue weighted by Gasteiger charge is -2.08. The Hall–Kier alpha value is -0.980. The van der Waals surface area contributed by atoms with Gasteiger partial charge in [-0.15, -0.1) is 0 Å². The number of benzene rings is 1. The number of nitrogen functional groups attached to an aromatic ring is 1. The number of halogens is 3. The van der Waals surface area contributed by atoms with Crippen molar-refractivity contribution in [2.24, 2.45) is 0 Å². The zero-order valence-corrected chi connectivity index (χ0v) is 9.97. The lowest BCUT2D eigenvalue weighted by Crippen LogP contribution is -2.00. The van der Waals surface area contributed by atoms with Crippen molar-refractivity contribution in [2.45, 2.75) is 6.92 Å². The van der Waals surface area contributed by atoms with Gasteiger partial charge in [-0.2, -0.15) is 0 Å². The largest absolute Gasteiger partial charge is 0.397 e. The number of aromatic nitrogens is 1. The van der Waals surface area contributed by atoms with E-state index in [1.807, 2.05) is 22.6 Å². The van der Waals surface area contributed by atoms with Gasteiger partial charge in [0.15, 0.2) is 0 Å². The van der Waals surface area contributed by atoms with Gasteiger partial charge in [0.1, 0.15) is 17.2 Å². The molecule has 2 nitrogen and oxygen atoms in total. The molecule has 2 aromatic rings. The predicted octanol–water partition coefficient (Wildman–Crippen LogP) is 3.01. The summed E-state index contributed by atoms with van der Waals surface area (Å²) in [5.74, 6) is -1.10. The Morgan fingerprint density at radius 2 is 1.87 bits per heavy atom. The summed E-state index contributed by atoms with van der Waals surface area (Å²) in [6.45, 7) is 1.71. The van der Waals surface area contributed by atoms with Gasteiger partial charge < -0.3 is 5.73 Å². The fourth-order valence-electron chi connectivity index (χ4n) is 1.43. The number of nitrogens with zero attached hydrogens (tertiary/aromatic N) is 1. The summed E-state index contributed by atoms with van der Waals surface area (Å²) in [6.07, 6.45) is 0. The van der Waals surface area contributed by atoms with Gasteiger partial charge in [0, 0.05) is 0 Å². The summed E-state index contributed by atoms with van der Waals surface area (Å²) < 4.78 is 27.5. The van der Waals surface area contributed by atoms with Crippen LogP contribution in [0.4, 0.5) is 14.5 Å². The third kappa shape index (κ3) is 1.54. The molecule has 0 aliphatic heterocycles. The van der Waals surface area contributed by atoms with Crippen molar-refractivity contribution in [1.29, 1.82) is 0 Å². The molecule has 0 spiro atoms. The smallest absolute Gasteiger partial charge is 0.149 e. The van der Waals surface area contributed by atoms with E-state index in [2.05, 4.69) is 4.98 Å². The van der Waals surface area contributed by atoms with Gasteiger partial charge in [-0.3, -0.25) is 0 Å². The molecule has 1 aromatic carbocycles. The van der Waals surface area contributed by atoms with Crippen LogP contribution < -0.4 is 5.73 Å². The number of hydrogen-bond acceptors (Lipinski definition) is 2. The number of hydrogen-bond donors (Lipinski definition) is 1. The SMILES string of the molecule is Cc1nc2c(F)ccc(F)c2c(N)c1I. The van der Waals surface area contributed by atoms with Gasteiger partial charge in [-0.05, 0) is 41.6 Å². The molecule has 0 bridgehead atoms. The second-order valence-electron chi connectivity index (χ2n) is 3.18. The highest BCUT2D eigenvalue weighted by Crippen LogP contribution is 2.30. The Morgan fingerprint density at radius 1 is 1.27 bits per heavy atom. The first-order chi connectivity index (χ1) is 7.02. The van der Waals surface area contributed by atoms with Crippen LogP contribution in [-0.2, 0) is 0 Å². The lowest BCUT2D eigenvalue weighted by molar-refractivity contribution is 0.615. The number of anilines is 1. The highest BCUT2D eigenvalue weighted by Gasteiger charge is 2.14. The van der Waals surface area contributed by atoms with Crippen LogP contribution in [0.5, 0.6) is 0 Å². The van der Waals surface area contributed by atoms with Gasteiger partial charge in [0.2, 0.25) is 0 Å². The fraction of sp³-hybridized carbons (Fsp3) is 0.100. The molecular formula is C10H7F2IN2. The van der Waals surface area contributed by atoms with Crippen molar-refractivity contribution in [3.05, 3.63) is 33.0 Å². The summed E-state index contributed by atoms with van der Waals surface area (Å²) in [4.78, 5) is 3.99. The molecule has 0 atom stereocenters. The van der Waals surface area contributed by atoms with E-state index < -0.39 is 11.6 Å². The number of aryl methyl sites for hydroxylation is 1. The zero-order chi connectivity index (χ0) is 11.2. The summed E-state index contributed by atoms with van der Waals surface area (Å²) in [6, 6.07) is 2.11. The van der Waals surface area contributed by atoms with Gasteiger partial charge in [0.05, 0.1) is 20.3 Å². The first kappa shape index (κ1) is 10.5. The minimum absolute atomic E-state index is 0.00887. The summed E-state index contributed by atoms with van der Waals surface area (Å²) in [5.41, 5.74) is 6.57. The van der Waals surface area contributed by atoms with E-state index >= 15 is 0 Å². The Labute approximate surface area is 98.6 Å². The Kier molecular flexibility index (Phi) is 2.49. The maximum atomic E-state index is 13.4. The maximum Gasteiger partial charge on any atom is 0.149 e. The van der Waals surface area contributed by atoms with Crippen molar-refractivity contribution in [1.82, 2.24) is 4.98 Å². The van der Waals surface area contributed by atoms with Crippen molar-refractivity contribution >= 4 is 39.2 Å². The minimum Gasteiger partial charge on any atom is -0.397 e. The average molecular weight is 320 g/mol. The van der Waals surface area contributed by atoms with Crippen molar-refractivity contribution in [3.8, 4) is 0 Å². The summed E-state index contributed by atoms with van der Waals surface area (Å²) in [7, 11) is 0. The molecule has 0 aliphatic rings. The van der Waals surface area contributed by atoms with Gasteiger partial charge in [-0.1, -0.05) is 0 Å². The quantitative estimate of drug-likeness (QED) is 0.758. The van der Waals surface area contributed by atoms with Crippen LogP contribution in [0.3, 0.4) is 0 Å². The zero-order valence-electron chi connectivity index (χ0n) is 7.81. The third-order valence-electron chi connectivity index (χ3n) is 2.18. The number of pyridine rings is 1. The van der Waals surface area contributed by atoms with Crippen LogP contribution in [0.2, 0.25) is 0 Å². The van der Waals surface area contributed by atoms with E-state index in [1.165, 1.54) is 0 Å². The van der Waals surface area contributed by atoms with Crippen LogP contribution in [-0.4, -0.2) is 4.98 Å². The maximum absolute atomic E-state index is 13.4. The first-order valence-corrected chi connectivity index (χ1v) is 5.29. The minimum atomic E-state index is -0.558. The van der Waals surface area contributed by atoms with E-state index in [0.717, 1.165) is 12.1 Å². The van der Waals surface area contributed by atoms with Gasteiger partial charge in [-0.25, -0.2) is 13.8 Å².